The maximum absolute atomic E-state index is 6.37. The van der Waals surface area contributed by atoms with Gasteiger partial charge < -0.3 is 5.73 Å². The number of hydrogen-bond acceptors (Lipinski definition) is 3. The molecule has 16 heavy (non-hydrogen) atoms. The quantitative estimate of drug-likeness (QED) is 0.816. The van der Waals surface area contributed by atoms with Crippen LogP contribution in [0.4, 0.5) is 0 Å². The molecule has 0 aromatic carbocycles. The molecule has 4 atom stereocenters. The van der Waals surface area contributed by atoms with Crippen LogP contribution < -0.4 is 5.73 Å². The summed E-state index contributed by atoms with van der Waals surface area (Å²) in [7, 11) is 0. The molecule has 96 valence electrons. The molecule has 4 unspecified atom stereocenters. The van der Waals surface area contributed by atoms with Crippen molar-refractivity contribution in [2.45, 2.75) is 68.7 Å². The fourth-order valence-corrected chi connectivity index (χ4v) is 5.27. The lowest BCUT2D eigenvalue weighted by molar-refractivity contribution is 0.407. The van der Waals surface area contributed by atoms with Gasteiger partial charge >= 0.3 is 0 Å². The van der Waals surface area contributed by atoms with Crippen molar-refractivity contribution in [3.05, 3.63) is 0 Å². The first kappa shape index (κ1) is 14.7. The molecule has 3 heteroatoms. The van der Waals surface area contributed by atoms with E-state index in [9.17, 15) is 0 Å². The minimum Gasteiger partial charge on any atom is -0.327 e. The molecule has 0 amide bonds. The van der Waals surface area contributed by atoms with E-state index in [1.165, 1.54) is 25.0 Å². The average molecular weight is 262 g/mol. The highest BCUT2D eigenvalue weighted by Crippen LogP contribution is 2.37. The highest BCUT2D eigenvalue weighted by atomic mass is 32.2. The second-order valence-electron chi connectivity index (χ2n) is 5.00. The van der Waals surface area contributed by atoms with Crippen LogP contribution in [0.3, 0.4) is 0 Å². The Labute approximate surface area is 110 Å². The molecule has 0 aromatic heterocycles. The van der Waals surface area contributed by atoms with Gasteiger partial charge in [0.2, 0.25) is 0 Å². The van der Waals surface area contributed by atoms with Crippen LogP contribution >= 0.6 is 23.5 Å². The standard InChI is InChI=1S/C13H27NS2/c1-5-11(6-2)7-12(14)13-8-15-9(3)10(4)16-13/h9-13H,5-8,14H2,1-4H3. The third kappa shape index (κ3) is 4.15. The molecular formula is C13H27NS2. The van der Waals surface area contributed by atoms with Crippen molar-refractivity contribution in [1.29, 1.82) is 0 Å². The molecule has 1 rings (SSSR count). The lowest BCUT2D eigenvalue weighted by atomic mass is 9.94. The van der Waals surface area contributed by atoms with Gasteiger partial charge in [-0.15, -0.1) is 0 Å². The molecule has 0 bridgehead atoms. The van der Waals surface area contributed by atoms with Crippen LogP contribution in [-0.2, 0) is 0 Å². The Bertz CT molecular complexity index is 194. The lowest BCUT2D eigenvalue weighted by Crippen LogP contribution is -2.40. The van der Waals surface area contributed by atoms with Crippen LogP contribution in [0.15, 0.2) is 0 Å². The predicted molar refractivity (Wildman–Crippen MR) is 79.4 cm³/mol. The van der Waals surface area contributed by atoms with Crippen LogP contribution in [0.5, 0.6) is 0 Å². The Kier molecular flexibility index (Phi) is 6.60. The fourth-order valence-electron chi connectivity index (χ4n) is 2.19. The average Bonchev–Trinajstić information content (AvgIpc) is 2.29. The molecule has 0 aromatic rings. The summed E-state index contributed by atoms with van der Waals surface area (Å²) in [4.78, 5) is 0. The van der Waals surface area contributed by atoms with Gasteiger partial charge in [-0.2, -0.15) is 23.5 Å². The summed E-state index contributed by atoms with van der Waals surface area (Å²) in [5, 5.41) is 2.23. The van der Waals surface area contributed by atoms with Gasteiger partial charge in [0.25, 0.3) is 0 Å². The van der Waals surface area contributed by atoms with Crippen molar-refractivity contribution in [2.24, 2.45) is 11.7 Å². The molecular weight excluding hydrogens is 234 g/mol. The second-order valence-corrected chi connectivity index (χ2v) is 8.03. The lowest BCUT2D eigenvalue weighted by Gasteiger charge is -2.35. The van der Waals surface area contributed by atoms with E-state index >= 15 is 0 Å². The number of nitrogens with two attached hydrogens (primary N) is 1. The first-order valence-electron chi connectivity index (χ1n) is 6.61. The maximum atomic E-state index is 6.37. The van der Waals surface area contributed by atoms with Crippen LogP contribution in [0.2, 0.25) is 0 Å². The monoisotopic (exact) mass is 261 g/mol. The summed E-state index contributed by atoms with van der Waals surface area (Å²) in [5.74, 6) is 2.08. The summed E-state index contributed by atoms with van der Waals surface area (Å²) >= 11 is 4.22. The van der Waals surface area contributed by atoms with Crippen LogP contribution in [0, 0.1) is 5.92 Å². The Morgan fingerprint density at radius 2 is 1.81 bits per heavy atom. The second kappa shape index (κ2) is 7.17. The van der Waals surface area contributed by atoms with Crippen LogP contribution in [0.1, 0.15) is 47.0 Å². The zero-order valence-corrected chi connectivity index (χ0v) is 12.7. The SMILES string of the molecule is CCC(CC)CC(N)C1CSC(C)C(C)S1. The predicted octanol–water partition coefficient (Wildman–Crippen LogP) is 3.77. The van der Waals surface area contributed by atoms with Gasteiger partial charge in [-0.05, 0) is 12.3 Å². The van der Waals surface area contributed by atoms with E-state index in [1.54, 1.807) is 0 Å². The third-order valence-electron chi connectivity index (χ3n) is 3.81. The Morgan fingerprint density at radius 3 is 2.31 bits per heavy atom. The van der Waals surface area contributed by atoms with Gasteiger partial charge in [-0.25, -0.2) is 0 Å². The number of rotatable bonds is 5. The summed E-state index contributed by atoms with van der Waals surface area (Å²) in [6.45, 7) is 9.26. The molecule has 0 spiro atoms. The molecule has 1 fully saturated rings. The van der Waals surface area contributed by atoms with Crippen molar-refractivity contribution in [3.63, 3.8) is 0 Å². The molecule has 0 aliphatic carbocycles. The van der Waals surface area contributed by atoms with Gasteiger partial charge in [0.05, 0.1) is 0 Å². The first-order chi connectivity index (χ1) is 7.58. The Balaban J connectivity index is 2.39. The van der Waals surface area contributed by atoms with Crippen LogP contribution in [0.25, 0.3) is 0 Å². The van der Waals surface area contributed by atoms with Gasteiger partial charge in [-0.1, -0.05) is 40.5 Å². The smallest absolute Gasteiger partial charge is 0.0292 e. The van der Waals surface area contributed by atoms with Crippen molar-refractivity contribution in [2.75, 3.05) is 5.75 Å². The van der Waals surface area contributed by atoms with Crippen molar-refractivity contribution >= 4 is 23.5 Å². The Hall–Kier alpha value is 0.660. The minimum atomic E-state index is 0.400. The topological polar surface area (TPSA) is 26.0 Å². The third-order valence-corrected chi connectivity index (χ3v) is 7.38. The maximum Gasteiger partial charge on any atom is 0.0292 e. The van der Waals surface area contributed by atoms with Gasteiger partial charge in [0.15, 0.2) is 0 Å². The van der Waals surface area contributed by atoms with E-state index in [1.807, 2.05) is 0 Å². The van der Waals surface area contributed by atoms with E-state index in [4.69, 9.17) is 5.73 Å². The van der Waals surface area contributed by atoms with E-state index in [0.29, 0.717) is 11.3 Å². The van der Waals surface area contributed by atoms with Crippen molar-refractivity contribution < 1.29 is 0 Å². The largest absolute Gasteiger partial charge is 0.327 e. The first-order valence-corrected chi connectivity index (χ1v) is 8.60. The van der Waals surface area contributed by atoms with Gasteiger partial charge in [0.1, 0.15) is 0 Å². The van der Waals surface area contributed by atoms with E-state index in [0.717, 1.165) is 16.4 Å². The summed E-state index contributed by atoms with van der Waals surface area (Å²) in [6, 6.07) is 0.400. The van der Waals surface area contributed by atoms with Crippen molar-refractivity contribution in [3.8, 4) is 0 Å². The van der Waals surface area contributed by atoms with Crippen LogP contribution in [-0.4, -0.2) is 27.5 Å². The molecule has 0 saturated carbocycles. The van der Waals surface area contributed by atoms with E-state index in [-0.39, 0.29) is 0 Å². The van der Waals surface area contributed by atoms with E-state index in [2.05, 4.69) is 51.2 Å². The Morgan fingerprint density at radius 1 is 1.19 bits per heavy atom. The summed E-state index contributed by atoms with van der Waals surface area (Å²) < 4.78 is 0. The van der Waals surface area contributed by atoms with Gasteiger partial charge in [-0.3, -0.25) is 0 Å². The van der Waals surface area contributed by atoms with Crippen molar-refractivity contribution in [1.82, 2.24) is 0 Å². The molecule has 1 nitrogen and oxygen atoms in total. The normalized spacial score (nSPS) is 33.0. The number of thioether (sulfide) groups is 2. The summed E-state index contributed by atoms with van der Waals surface area (Å²) in [6.07, 6.45) is 3.77. The van der Waals surface area contributed by atoms with Gasteiger partial charge in [0, 0.05) is 27.5 Å². The number of hydrogen-bond donors (Lipinski definition) is 1. The summed E-state index contributed by atoms with van der Waals surface area (Å²) in [5.41, 5.74) is 6.37. The zero-order valence-electron chi connectivity index (χ0n) is 11.1. The molecule has 1 saturated heterocycles. The molecule has 0 radical (unpaired) electrons. The van der Waals surface area contributed by atoms with E-state index < -0.39 is 0 Å². The molecule has 1 heterocycles. The highest BCUT2D eigenvalue weighted by Gasteiger charge is 2.30. The molecule has 1 aliphatic heterocycles. The zero-order chi connectivity index (χ0) is 12.1. The fraction of sp³-hybridized carbons (Fsp3) is 1.00. The molecule has 1 aliphatic rings. The highest BCUT2D eigenvalue weighted by molar-refractivity contribution is 8.07. The molecule has 2 N–H and O–H groups in total. The minimum absolute atomic E-state index is 0.400.